The Labute approximate surface area is 130 Å². The second kappa shape index (κ2) is 7.71. The Hall–Kier alpha value is -1.20. The summed E-state index contributed by atoms with van der Waals surface area (Å²) in [6, 6.07) is 7.85. The lowest BCUT2D eigenvalue weighted by Gasteiger charge is -2.19. The summed E-state index contributed by atoms with van der Waals surface area (Å²) < 4.78 is 0. The first kappa shape index (κ1) is 16.2. The summed E-state index contributed by atoms with van der Waals surface area (Å²) in [4.78, 5) is 12.1. The van der Waals surface area contributed by atoms with Gasteiger partial charge in [-0.25, -0.2) is 4.79 Å². The van der Waals surface area contributed by atoms with Gasteiger partial charge in [0.05, 0.1) is 0 Å². The number of hydrogen-bond acceptors (Lipinski definition) is 3. The third kappa shape index (κ3) is 4.38. The van der Waals surface area contributed by atoms with Gasteiger partial charge in [0.2, 0.25) is 0 Å². The fourth-order valence-corrected chi connectivity index (χ4v) is 3.21. The maximum atomic E-state index is 12.1. The second-order valence-electron chi connectivity index (χ2n) is 5.58. The molecule has 0 bridgehead atoms. The Kier molecular flexibility index (Phi) is 5.94. The predicted octanol–water partition coefficient (Wildman–Crippen LogP) is 3.39. The maximum absolute atomic E-state index is 12.1. The summed E-state index contributed by atoms with van der Waals surface area (Å²) >= 11 is 1.78. The van der Waals surface area contributed by atoms with E-state index in [0.29, 0.717) is 5.25 Å². The molecule has 1 aliphatic rings. The summed E-state index contributed by atoms with van der Waals surface area (Å²) in [5.41, 5.74) is 2.01. The number of aliphatic hydroxyl groups excluding tert-OH is 1. The molecule has 2 rings (SSSR count). The quantitative estimate of drug-likeness (QED) is 0.781. The number of hydrogen-bond donors (Lipinski definition) is 3. The van der Waals surface area contributed by atoms with Gasteiger partial charge >= 0.3 is 6.03 Å². The molecule has 1 aliphatic carbocycles. The number of anilines is 1. The van der Waals surface area contributed by atoms with Crippen molar-refractivity contribution in [2.45, 2.75) is 37.5 Å². The van der Waals surface area contributed by atoms with Crippen LogP contribution in [0.5, 0.6) is 0 Å². The molecular weight excluding hydrogens is 284 g/mol. The number of rotatable bonds is 5. The lowest BCUT2D eigenvalue weighted by molar-refractivity contribution is 0.203. The van der Waals surface area contributed by atoms with E-state index in [9.17, 15) is 9.90 Å². The molecule has 0 radical (unpaired) electrons. The molecule has 3 N–H and O–H groups in total. The Balaban J connectivity index is 1.93. The van der Waals surface area contributed by atoms with Crippen LogP contribution >= 0.6 is 11.8 Å². The minimum absolute atomic E-state index is 0.0864. The average Bonchev–Trinajstić information content (AvgIpc) is 2.93. The molecule has 0 unspecified atom stereocenters. The SMILES string of the molecule is CS[C@H](C)c1cccc(NC(=O)N[C@H]2CCC[C@@H]2CO)c1. The van der Waals surface area contributed by atoms with Gasteiger partial charge in [0.15, 0.2) is 0 Å². The van der Waals surface area contributed by atoms with E-state index in [1.54, 1.807) is 11.8 Å². The largest absolute Gasteiger partial charge is 0.396 e. The van der Waals surface area contributed by atoms with Crippen molar-refractivity contribution < 1.29 is 9.90 Å². The molecule has 5 heteroatoms. The molecule has 2 amide bonds. The highest BCUT2D eigenvalue weighted by Crippen LogP contribution is 2.28. The summed E-state index contributed by atoms with van der Waals surface area (Å²) in [6.45, 7) is 2.29. The van der Waals surface area contributed by atoms with Gasteiger partial charge in [-0.1, -0.05) is 18.6 Å². The number of aliphatic hydroxyl groups is 1. The highest BCUT2D eigenvalue weighted by molar-refractivity contribution is 7.98. The Morgan fingerprint density at radius 2 is 2.29 bits per heavy atom. The minimum Gasteiger partial charge on any atom is -0.396 e. The fraction of sp³-hybridized carbons (Fsp3) is 0.562. The van der Waals surface area contributed by atoms with Gasteiger partial charge in [0.1, 0.15) is 0 Å². The zero-order valence-electron chi connectivity index (χ0n) is 12.6. The van der Waals surface area contributed by atoms with Crippen molar-refractivity contribution in [3.05, 3.63) is 29.8 Å². The molecule has 21 heavy (non-hydrogen) atoms. The van der Waals surface area contributed by atoms with Crippen molar-refractivity contribution in [2.24, 2.45) is 5.92 Å². The zero-order chi connectivity index (χ0) is 15.2. The highest BCUT2D eigenvalue weighted by Gasteiger charge is 2.27. The van der Waals surface area contributed by atoms with Gasteiger partial charge in [-0.3, -0.25) is 0 Å². The van der Waals surface area contributed by atoms with Gasteiger partial charge in [0, 0.05) is 29.5 Å². The number of thioether (sulfide) groups is 1. The number of nitrogens with one attached hydrogen (secondary N) is 2. The van der Waals surface area contributed by atoms with Crippen LogP contribution in [-0.2, 0) is 0 Å². The molecule has 0 spiro atoms. The zero-order valence-corrected chi connectivity index (χ0v) is 13.5. The van der Waals surface area contributed by atoms with Crippen molar-refractivity contribution in [1.29, 1.82) is 0 Å². The van der Waals surface area contributed by atoms with Crippen LogP contribution < -0.4 is 10.6 Å². The molecule has 0 heterocycles. The number of carbonyl (C=O) groups is 1. The molecule has 1 saturated carbocycles. The molecule has 0 aliphatic heterocycles. The predicted molar refractivity (Wildman–Crippen MR) is 88.7 cm³/mol. The van der Waals surface area contributed by atoms with Crippen LogP contribution in [0, 0.1) is 5.92 Å². The summed E-state index contributed by atoms with van der Waals surface area (Å²) in [6.07, 6.45) is 5.08. The first-order valence-corrected chi connectivity index (χ1v) is 8.74. The van der Waals surface area contributed by atoms with Crippen molar-refractivity contribution in [3.8, 4) is 0 Å². The molecule has 3 atom stereocenters. The van der Waals surface area contributed by atoms with Gasteiger partial charge in [0.25, 0.3) is 0 Å². The van der Waals surface area contributed by atoms with E-state index in [-0.39, 0.29) is 24.6 Å². The number of carbonyl (C=O) groups excluding carboxylic acids is 1. The van der Waals surface area contributed by atoms with Crippen molar-refractivity contribution in [3.63, 3.8) is 0 Å². The van der Waals surface area contributed by atoms with E-state index in [0.717, 1.165) is 24.9 Å². The van der Waals surface area contributed by atoms with E-state index in [2.05, 4.69) is 29.9 Å². The van der Waals surface area contributed by atoms with Gasteiger partial charge in [-0.05, 0) is 43.7 Å². The van der Waals surface area contributed by atoms with Crippen LogP contribution in [0.15, 0.2) is 24.3 Å². The summed E-state index contributed by atoms with van der Waals surface area (Å²) in [5.74, 6) is 0.193. The van der Waals surface area contributed by atoms with Gasteiger partial charge in [-0.2, -0.15) is 11.8 Å². The van der Waals surface area contributed by atoms with Crippen molar-refractivity contribution in [1.82, 2.24) is 5.32 Å². The first-order valence-electron chi connectivity index (χ1n) is 7.45. The average molecular weight is 308 g/mol. The van der Waals surface area contributed by atoms with Crippen LogP contribution in [0.25, 0.3) is 0 Å². The molecule has 0 saturated heterocycles. The van der Waals surface area contributed by atoms with E-state index in [4.69, 9.17) is 0 Å². The maximum Gasteiger partial charge on any atom is 0.319 e. The topological polar surface area (TPSA) is 61.4 Å². The Bertz CT molecular complexity index is 481. The summed E-state index contributed by atoms with van der Waals surface area (Å²) in [7, 11) is 0. The van der Waals surface area contributed by atoms with E-state index >= 15 is 0 Å². The van der Waals surface area contributed by atoms with Gasteiger partial charge < -0.3 is 15.7 Å². The monoisotopic (exact) mass is 308 g/mol. The van der Waals surface area contributed by atoms with Crippen molar-refractivity contribution in [2.75, 3.05) is 18.2 Å². The normalized spacial score (nSPS) is 22.8. The van der Waals surface area contributed by atoms with Crippen LogP contribution in [0.2, 0.25) is 0 Å². The van der Waals surface area contributed by atoms with E-state index in [1.807, 2.05) is 18.2 Å². The standard InChI is InChI=1S/C16H24N2O2S/c1-11(21-2)12-5-3-7-14(9-12)17-16(20)18-15-8-4-6-13(15)10-19/h3,5,7,9,11,13,15,19H,4,6,8,10H2,1-2H3,(H2,17,18,20)/t11-,13-,15+/m1/s1. The smallest absolute Gasteiger partial charge is 0.319 e. The molecular formula is C16H24N2O2S. The van der Waals surface area contributed by atoms with E-state index in [1.165, 1.54) is 5.56 Å². The minimum atomic E-state index is -0.186. The third-order valence-electron chi connectivity index (χ3n) is 4.18. The Morgan fingerprint density at radius 3 is 3.00 bits per heavy atom. The number of benzene rings is 1. The van der Waals surface area contributed by atoms with Crippen LogP contribution in [0.4, 0.5) is 10.5 Å². The van der Waals surface area contributed by atoms with Crippen LogP contribution in [0.1, 0.15) is 37.0 Å². The lowest BCUT2D eigenvalue weighted by atomic mass is 10.1. The number of urea groups is 1. The molecule has 116 valence electrons. The fourth-order valence-electron chi connectivity index (χ4n) is 2.79. The third-order valence-corrected chi connectivity index (χ3v) is 5.16. The van der Waals surface area contributed by atoms with Crippen LogP contribution in [-0.4, -0.2) is 30.0 Å². The second-order valence-corrected chi connectivity index (χ2v) is 6.76. The van der Waals surface area contributed by atoms with Crippen molar-refractivity contribution >= 4 is 23.5 Å². The molecule has 4 nitrogen and oxygen atoms in total. The Morgan fingerprint density at radius 1 is 1.48 bits per heavy atom. The number of amides is 2. The first-order chi connectivity index (χ1) is 10.1. The highest BCUT2D eigenvalue weighted by atomic mass is 32.2. The summed E-state index contributed by atoms with van der Waals surface area (Å²) in [5, 5.41) is 15.6. The molecule has 1 aromatic rings. The lowest BCUT2D eigenvalue weighted by Crippen LogP contribution is -2.41. The van der Waals surface area contributed by atoms with Crippen LogP contribution in [0.3, 0.4) is 0 Å². The van der Waals surface area contributed by atoms with Gasteiger partial charge in [-0.15, -0.1) is 0 Å². The molecule has 1 aromatic carbocycles. The molecule has 0 aromatic heterocycles. The molecule has 1 fully saturated rings. The van der Waals surface area contributed by atoms with E-state index < -0.39 is 0 Å².